The smallest absolute Gasteiger partial charge is 0.242 e. The highest BCUT2D eigenvalue weighted by molar-refractivity contribution is 6.30. The minimum atomic E-state index is 0.162. The first-order chi connectivity index (χ1) is 12.6. The second-order valence-electron chi connectivity index (χ2n) is 7.08. The Balaban J connectivity index is 1.69. The van der Waals surface area contributed by atoms with Gasteiger partial charge in [-0.25, -0.2) is 4.98 Å². The highest BCUT2D eigenvalue weighted by atomic mass is 35.5. The number of benzene rings is 2. The third kappa shape index (κ3) is 3.34. The van der Waals surface area contributed by atoms with Crippen molar-refractivity contribution in [2.24, 2.45) is 5.92 Å². The van der Waals surface area contributed by atoms with E-state index in [1.807, 2.05) is 58.0 Å². The van der Waals surface area contributed by atoms with E-state index in [0.717, 1.165) is 48.4 Å². The Labute approximate surface area is 158 Å². The van der Waals surface area contributed by atoms with Crippen molar-refractivity contribution in [3.8, 4) is 11.4 Å². The number of carbonyl (C=O) groups is 1. The second kappa shape index (κ2) is 7.12. The number of piperidine rings is 1. The topological polar surface area (TPSA) is 38.1 Å². The number of hydrogen-bond acceptors (Lipinski definition) is 2. The van der Waals surface area contributed by atoms with Crippen LogP contribution in [0.25, 0.3) is 22.4 Å². The van der Waals surface area contributed by atoms with Crippen LogP contribution in [-0.2, 0) is 11.3 Å². The lowest BCUT2D eigenvalue weighted by atomic mass is 9.99. The Morgan fingerprint density at radius 3 is 2.54 bits per heavy atom. The van der Waals surface area contributed by atoms with E-state index in [2.05, 4.69) is 6.92 Å². The zero-order chi connectivity index (χ0) is 18.1. The number of amides is 1. The molecule has 5 heteroatoms. The summed E-state index contributed by atoms with van der Waals surface area (Å²) < 4.78 is 2.03. The molecule has 0 atom stereocenters. The predicted octanol–water partition coefficient (Wildman–Crippen LogP) is 4.62. The summed E-state index contributed by atoms with van der Waals surface area (Å²) in [5.74, 6) is 1.68. The molecule has 1 amide bonds. The lowest BCUT2D eigenvalue weighted by molar-refractivity contribution is -0.133. The van der Waals surface area contributed by atoms with Gasteiger partial charge in [0, 0.05) is 23.7 Å². The molecule has 2 heterocycles. The molecule has 3 aromatic rings. The van der Waals surface area contributed by atoms with Gasteiger partial charge >= 0.3 is 0 Å². The van der Waals surface area contributed by atoms with E-state index in [-0.39, 0.29) is 5.91 Å². The number of para-hydroxylation sites is 2. The van der Waals surface area contributed by atoms with Gasteiger partial charge in [-0.3, -0.25) is 4.79 Å². The maximum Gasteiger partial charge on any atom is 0.242 e. The molecule has 4 nitrogen and oxygen atoms in total. The number of nitrogens with zero attached hydrogens (tertiary/aromatic N) is 3. The number of rotatable bonds is 3. The van der Waals surface area contributed by atoms with Crippen molar-refractivity contribution in [1.82, 2.24) is 14.5 Å². The van der Waals surface area contributed by atoms with Gasteiger partial charge in [-0.05, 0) is 55.2 Å². The Morgan fingerprint density at radius 2 is 1.81 bits per heavy atom. The molecular weight excluding hydrogens is 346 g/mol. The molecule has 0 radical (unpaired) electrons. The lowest BCUT2D eigenvalue weighted by Gasteiger charge is -2.30. The molecule has 0 spiro atoms. The van der Waals surface area contributed by atoms with Crippen molar-refractivity contribution >= 4 is 28.5 Å². The molecule has 1 fully saturated rings. The highest BCUT2D eigenvalue weighted by Gasteiger charge is 2.22. The van der Waals surface area contributed by atoms with Crippen LogP contribution in [0.5, 0.6) is 0 Å². The van der Waals surface area contributed by atoms with Gasteiger partial charge in [0.2, 0.25) is 5.91 Å². The van der Waals surface area contributed by atoms with Crippen molar-refractivity contribution in [2.45, 2.75) is 26.3 Å². The Kier molecular flexibility index (Phi) is 4.68. The average molecular weight is 368 g/mol. The van der Waals surface area contributed by atoms with Crippen molar-refractivity contribution in [1.29, 1.82) is 0 Å². The third-order valence-electron chi connectivity index (χ3n) is 5.19. The largest absolute Gasteiger partial charge is 0.341 e. The first-order valence-corrected chi connectivity index (χ1v) is 9.48. The molecular formula is C21H22ClN3O. The van der Waals surface area contributed by atoms with Crippen LogP contribution in [0.4, 0.5) is 0 Å². The number of aromatic nitrogens is 2. The molecule has 0 N–H and O–H groups in total. The first kappa shape index (κ1) is 17.1. The van der Waals surface area contributed by atoms with E-state index < -0.39 is 0 Å². The summed E-state index contributed by atoms with van der Waals surface area (Å²) in [6.07, 6.45) is 2.17. The molecule has 2 aromatic carbocycles. The lowest BCUT2D eigenvalue weighted by Crippen LogP contribution is -2.39. The van der Waals surface area contributed by atoms with Crippen molar-refractivity contribution in [3.63, 3.8) is 0 Å². The molecule has 134 valence electrons. The molecule has 0 saturated carbocycles. The van der Waals surface area contributed by atoms with Gasteiger partial charge in [0.1, 0.15) is 12.4 Å². The van der Waals surface area contributed by atoms with E-state index in [1.165, 1.54) is 0 Å². The van der Waals surface area contributed by atoms with Gasteiger partial charge in [0.05, 0.1) is 11.0 Å². The number of carbonyl (C=O) groups excluding carboxylic acids is 1. The number of fused-ring (bicyclic) bond motifs is 1. The normalized spacial score (nSPS) is 15.5. The molecule has 26 heavy (non-hydrogen) atoms. The minimum absolute atomic E-state index is 0.162. The summed E-state index contributed by atoms with van der Waals surface area (Å²) in [6, 6.07) is 15.6. The van der Waals surface area contributed by atoms with Gasteiger partial charge in [-0.15, -0.1) is 0 Å². The monoisotopic (exact) mass is 367 g/mol. The molecule has 0 unspecified atom stereocenters. The molecule has 1 saturated heterocycles. The summed E-state index contributed by atoms with van der Waals surface area (Å²) in [5, 5.41) is 0.690. The van der Waals surface area contributed by atoms with E-state index in [4.69, 9.17) is 16.6 Å². The number of halogens is 1. The van der Waals surface area contributed by atoms with Crippen molar-refractivity contribution in [3.05, 3.63) is 53.6 Å². The van der Waals surface area contributed by atoms with Crippen LogP contribution in [0, 0.1) is 5.92 Å². The third-order valence-corrected chi connectivity index (χ3v) is 5.44. The Bertz CT molecular complexity index is 924. The van der Waals surface area contributed by atoms with Crippen LogP contribution in [0.1, 0.15) is 19.8 Å². The van der Waals surface area contributed by atoms with E-state index in [1.54, 1.807) is 0 Å². The van der Waals surface area contributed by atoms with E-state index in [9.17, 15) is 4.79 Å². The fourth-order valence-electron chi connectivity index (χ4n) is 3.55. The van der Waals surface area contributed by atoms with Gasteiger partial charge in [-0.1, -0.05) is 30.7 Å². The van der Waals surface area contributed by atoms with E-state index >= 15 is 0 Å². The molecule has 0 bridgehead atoms. The second-order valence-corrected chi connectivity index (χ2v) is 7.52. The van der Waals surface area contributed by atoms with Crippen LogP contribution in [0.15, 0.2) is 48.5 Å². The summed E-state index contributed by atoms with van der Waals surface area (Å²) >= 11 is 6.03. The van der Waals surface area contributed by atoms with Gasteiger partial charge in [-0.2, -0.15) is 0 Å². The van der Waals surface area contributed by atoms with Gasteiger partial charge < -0.3 is 9.47 Å². The number of hydrogen-bond donors (Lipinski definition) is 0. The van der Waals surface area contributed by atoms with Crippen LogP contribution >= 0.6 is 11.6 Å². The zero-order valence-electron chi connectivity index (χ0n) is 14.9. The average Bonchev–Trinajstić information content (AvgIpc) is 3.01. The fourth-order valence-corrected chi connectivity index (χ4v) is 3.67. The van der Waals surface area contributed by atoms with Crippen LogP contribution < -0.4 is 0 Å². The minimum Gasteiger partial charge on any atom is -0.341 e. The SMILES string of the molecule is CC1CCN(C(=O)Cn2c(-c3ccc(Cl)cc3)nc3ccccc32)CC1. The van der Waals surface area contributed by atoms with Gasteiger partial charge in [0.25, 0.3) is 0 Å². The van der Waals surface area contributed by atoms with Crippen molar-refractivity contribution in [2.75, 3.05) is 13.1 Å². The first-order valence-electron chi connectivity index (χ1n) is 9.11. The van der Waals surface area contributed by atoms with Crippen LogP contribution in [0.3, 0.4) is 0 Å². The quantitative estimate of drug-likeness (QED) is 0.677. The maximum absolute atomic E-state index is 12.9. The summed E-state index contributed by atoms with van der Waals surface area (Å²) in [6.45, 7) is 4.27. The predicted molar refractivity (Wildman–Crippen MR) is 105 cm³/mol. The Hall–Kier alpha value is -2.33. The standard InChI is InChI=1S/C21H22ClN3O/c1-15-10-12-24(13-11-15)20(26)14-25-19-5-3-2-4-18(19)23-21(25)16-6-8-17(22)9-7-16/h2-9,15H,10-14H2,1H3. The number of imidazole rings is 1. The molecule has 4 rings (SSSR count). The molecule has 0 aliphatic carbocycles. The van der Waals surface area contributed by atoms with Crippen LogP contribution in [0.2, 0.25) is 5.02 Å². The molecule has 1 aliphatic heterocycles. The summed E-state index contributed by atoms with van der Waals surface area (Å²) in [5.41, 5.74) is 2.85. The van der Waals surface area contributed by atoms with Gasteiger partial charge in [0.15, 0.2) is 0 Å². The number of likely N-dealkylation sites (tertiary alicyclic amines) is 1. The molecule has 1 aliphatic rings. The van der Waals surface area contributed by atoms with Crippen molar-refractivity contribution < 1.29 is 4.79 Å². The summed E-state index contributed by atoms with van der Waals surface area (Å²) in [4.78, 5) is 19.7. The highest BCUT2D eigenvalue weighted by Crippen LogP contribution is 2.26. The fraction of sp³-hybridized carbons (Fsp3) is 0.333. The zero-order valence-corrected chi connectivity index (χ0v) is 15.6. The van der Waals surface area contributed by atoms with E-state index in [0.29, 0.717) is 17.5 Å². The summed E-state index contributed by atoms with van der Waals surface area (Å²) in [7, 11) is 0. The maximum atomic E-state index is 12.9. The Morgan fingerprint density at radius 1 is 1.12 bits per heavy atom. The molecule has 1 aromatic heterocycles. The van der Waals surface area contributed by atoms with Crippen LogP contribution in [-0.4, -0.2) is 33.4 Å².